The molecule has 1 aromatic heterocycles. The van der Waals surface area contributed by atoms with E-state index >= 15 is 0 Å². The lowest BCUT2D eigenvalue weighted by Crippen LogP contribution is -2.61. The fraction of sp³-hybridized carbons (Fsp3) is 0.371. The van der Waals surface area contributed by atoms with Gasteiger partial charge in [0.25, 0.3) is 5.91 Å². The van der Waals surface area contributed by atoms with Crippen molar-refractivity contribution in [3.05, 3.63) is 77.7 Å². The van der Waals surface area contributed by atoms with Gasteiger partial charge in [-0.1, -0.05) is 60.6 Å². The van der Waals surface area contributed by atoms with E-state index in [1.54, 1.807) is 0 Å². The summed E-state index contributed by atoms with van der Waals surface area (Å²) in [5.74, 6) is -2.01. The number of rotatable bonds is 7. The fourth-order valence-electron chi connectivity index (χ4n) is 7.70. The van der Waals surface area contributed by atoms with Crippen molar-refractivity contribution >= 4 is 39.2 Å². The van der Waals surface area contributed by atoms with Crippen LogP contribution in [0.4, 0.5) is 8.78 Å². The molecule has 4 heterocycles. The van der Waals surface area contributed by atoms with Crippen molar-refractivity contribution in [3.8, 4) is 23.2 Å². The molecule has 3 atom stereocenters. The standard InChI is InChI=1S/C35H33ClF2N6O2/c1-22(37)32(45)44-16-14-40-20-35(44,12-13-39)31-27-10-9-24(26-7-2-5-23-6-3-8-28(36)30(23)26)17-29(27)41-33(42-31)46-21-34-11-4-15-43(34)19-25(38)18-34/h2-3,5-10,17,25,40H,1,4,11-12,14-16,18-21H2/t25-,34+,35?/m1/s1. The maximum Gasteiger partial charge on any atom is 0.317 e. The number of halogens is 3. The molecule has 8 nitrogen and oxygen atoms in total. The second kappa shape index (κ2) is 11.9. The Bertz CT molecular complexity index is 1910. The Morgan fingerprint density at radius 2 is 2.02 bits per heavy atom. The summed E-state index contributed by atoms with van der Waals surface area (Å²) in [5, 5.41) is 16.4. The molecule has 1 unspecified atom stereocenters. The molecular weight excluding hydrogens is 610 g/mol. The minimum absolute atomic E-state index is 0.0495. The third-order valence-electron chi connectivity index (χ3n) is 9.81. The van der Waals surface area contributed by atoms with Gasteiger partial charge in [0, 0.05) is 48.4 Å². The molecule has 3 fully saturated rings. The number of hydrogen-bond acceptors (Lipinski definition) is 7. The molecule has 46 heavy (non-hydrogen) atoms. The maximum atomic E-state index is 14.5. The molecule has 1 N–H and O–H groups in total. The van der Waals surface area contributed by atoms with E-state index in [0.717, 1.165) is 41.3 Å². The first kappa shape index (κ1) is 30.5. The third-order valence-corrected chi connectivity index (χ3v) is 10.1. The molecular formula is C35H33ClF2N6O2. The Morgan fingerprint density at radius 3 is 2.83 bits per heavy atom. The SMILES string of the molecule is C=C(F)C(=O)N1CCNCC1(CC#N)c1nc(OC[C@@]23CCCN2C[C@H](F)C3)nc2cc(-c3cccc4cccc(Cl)c34)ccc12. The number of alkyl halides is 1. The van der Waals surface area contributed by atoms with Gasteiger partial charge >= 0.3 is 6.01 Å². The molecule has 11 heteroatoms. The zero-order valence-electron chi connectivity index (χ0n) is 25.2. The maximum absolute atomic E-state index is 14.5. The lowest BCUT2D eigenvalue weighted by Gasteiger charge is -2.46. The number of hydrogen-bond donors (Lipinski definition) is 1. The second-order valence-electron chi connectivity index (χ2n) is 12.5. The monoisotopic (exact) mass is 642 g/mol. The molecule has 4 aromatic rings. The Labute approximate surface area is 270 Å². The number of carbonyl (C=O) groups is 1. The number of piperazine rings is 1. The molecule has 1 amide bonds. The number of carbonyl (C=O) groups excluding carboxylic acids is 1. The summed E-state index contributed by atoms with van der Waals surface area (Å²) in [5.41, 5.74) is 0.867. The number of ether oxygens (including phenoxy) is 1. The molecule has 7 rings (SSSR count). The van der Waals surface area contributed by atoms with Gasteiger partial charge in [0.2, 0.25) is 0 Å². The molecule has 0 aliphatic carbocycles. The number of aromatic nitrogens is 2. The van der Waals surface area contributed by atoms with Crippen LogP contribution in [0.25, 0.3) is 32.8 Å². The van der Waals surface area contributed by atoms with E-state index in [1.807, 2.05) is 54.6 Å². The third kappa shape index (κ3) is 5.07. The van der Waals surface area contributed by atoms with Gasteiger partial charge in [0.05, 0.1) is 29.2 Å². The van der Waals surface area contributed by atoms with Gasteiger partial charge < -0.3 is 15.0 Å². The van der Waals surface area contributed by atoms with E-state index in [2.05, 4.69) is 22.9 Å². The van der Waals surface area contributed by atoms with Gasteiger partial charge in [-0.25, -0.2) is 8.78 Å². The van der Waals surface area contributed by atoms with Gasteiger partial charge in [0.1, 0.15) is 18.3 Å². The second-order valence-corrected chi connectivity index (χ2v) is 12.9. The summed E-state index contributed by atoms with van der Waals surface area (Å²) in [6.45, 7) is 5.36. The summed E-state index contributed by atoms with van der Waals surface area (Å²) in [6.07, 6.45) is 1.06. The average molecular weight is 643 g/mol. The zero-order chi connectivity index (χ0) is 32.1. The van der Waals surface area contributed by atoms with E-state index in [4.69, 9.17) is 26.3 Å². The van der Waals surface area contributed by atoms with Crippen molar-refractivity contribution < 1.29 is 18.3 Å². The molecule has 0 saturated carbocycles. The minimum Gasteiger partial charge on any atom is -0.461 e. The number of nitrogens with one attached hydrogen (secondary N) is 1. The number of fused-ring (bicyclic) bond motifs is 3. The first-order valence-corrected chi connectivity index (χ1v) is 15.9. The number of nitriles is 1. The van der Waals surface area contributed by atoms with Gasteiger partial charge in [-0.3, -0.25) is 9.69 Å². The summed E-state index contributed by atoms with van der Waals surface area (Å²) in [4.78, 5) is 26.4. The van der Waals surface area contributed by atoms with E-state index in [0.29, 0.717) is 41.1 Å². The minimum atomic E-state index is -1.34. The van der Waals surface area contributed by atoms with Crippen LogP contribution in [0.3, 0.4) is 0 Å². The zero-order valence-corrected chi connectivity index (χ0v) is 26.0. The first-order chi connectivity index (χ1) is 22.2. The molecule has 0 radical (unpaired) electrons. The molecule has 3 saturated heterocycles. The highest BCUT2D eigenvalue weighted by atomic mass is 35.5. The van der Waals surface area contributed by atoms with Crippen molar-refractivity contribution in [2.75, 3.05) is 39.3 Å². The molecule has 0 spiro atoms. The van der Waals surface area contributed by atoms with Crippen LogP contribution in [0.2, 0.25) is 5.02 Å². The summed E-state index contributed by atoms with van der Waals surface area (Å²) >= 11 is 6.67. The van der Waals surface area contributed by atoms with Gasteiger partial charge in [-0.15, -0.1) is 0 Å². The van der Waals surface area contributed by atoms with Crippen molar-refractivity contribution in [1.82, 2.24) is 25.1 Å². The first-order valence-electron chi connectivity index (χ1n) is 15.5. The van der Waals surface area contributed by atoms with Crippen molar-refractivity contribution in [2.45, 2.75) is 42.9 Å². The van der Waals surface area contributed by atoms with Crippen LogP contribution in [0.15, 0.2) is 67.0 Å². The lowest BCUT2D eigenvalue weighted by atomic mass is 9.84. The van der Waals surface area contributed by atoms with E-state index in [9.17, 15) is 18.8 Å². The quantitative estimate of drug-likeness (QED) is 0.244. The average Bonchev–Trinajstić information content (AvgIpc) is 3.58. The number of benzene rings is 3. The van der Waals surface area contributed by atoms with Crippen molar-refractivity contribution in [1.29, 1.82) is 5.26 Å². The predicted molar refractivity (Wildman–Crippen MR) is 173 cm³/mol. The Morgan fingerprint density at radius 1 is 1.20 bits per heavy atom. The topological polar surface area (TPSA) is 94.4 Å². The Balaban J connectivity index is 1.40. The Kier molecular flexibility index (Phi) is 7.87. The Hall–Kier alpha value is -4.17. The van der Waals surface area contributed by atoms with Crippen molar-refractivity contribution in [3.63, 3.8) is 0 Å². The predicted octanol–water partition coefficient (Wildman–Crippen LogP) is 6.08. The summed E-state index contributed by atoms with van der Waals surface area (Å²) < 4.78 is 35.3. The highest BCUT2D eigenvalue weighted by Gasteiger charge is 2.50. The largest absolute Gasteiger partial charge is 0.461 e. The summed E-state index contributed by atoms with van der Waals surface area (Å²) in [6, 6.07) is 19.7. The van der Waals surface area contributed by atoms with Crippen LogP contribution in [-0.4, -0.2) is 76.7 Å². The van der Waals surface area contributed by atoms with E-state index in [-0.39, 0.29) is 32.1 Å². The van der Waals surface area contributed by atoms with Crippen LogP contribution in [-0.2, 0) is 10.3 Å². The lowest BCUT2D eigenvalue weighted by molar-refractivity contribution is -0.137. The van der Waals surface area contributed by atoms with Crippen LogP contribution in [0.5, 0.6) is 6.01 Å². The normalized spacial score (nSPS) is 24.7. The van der Waals surface area contributed by atoms with Crippen LogP contribution >= 0.6 is 11.6 Å². The fourth-order valence-corrected chi connectivity index (χ4v) is 7.98. The van der Waals surface area contributed by atoms with E-state index < -0.39 is 29.0 Å². The highest BCUT2D eigenvalue weighted by Crippen LogP contribution is 2.42. The molecule has 0 bridgehead atoms. The number of amides is 1. The number of nitrogens with zero attached hydrogens (tertiary/aromatic N) is 5. The van der Waals surface area contributed by atoms with Crippen LogP contribution < -0.4 is 10.1 Å². The van der Waals surface area contributed by atoms with Crippen molar-refractivity contribution in [2.24, 2.45) is 0 Å². The van der Waals surface area contributed by atoms with Gasteiger partial charge in [0.15, 0.2) is 5.83 Å². The summed E-state index contributed by atoms with van der Waals surface area (Å²) in [7, 11) is 0. The van der Waals surface area contributed by atoms with Gasteiger partial charge in [-0.05, 0) is 48.0 Å². The van der Waals surface area contributed by atoms with Gasteiger partial charge in [-0.2, -0.15) is 15.2 Å². The van der Waals surface area contributed by atoms with E-state index in [1.165, 1.54) is 4.90 Å². The molecule has 3 aromatic carbocycles. The molecule has 236 valence electrons. The van der Waals surface area contributed by atoms with Crippen LogP contribution in [0, 0.1) is 11.3 Å². The van der Waals surface area contributed by atoms with Crippen LogP contribution in [0.1, 0.15) is 31.4 Å². The molecule has 3 aliphatic heterocycles. The smallest absolute Gasteiger partial charge is 0.317 e. The highest BCUT2D eigenvalue weighted by molar-refractivity contribution is 6.36. The molecule has 3 aliphatic rings.